The monoisotopic (exact) mass is 159 g/mol. The van der Waals surface area contributed by atoms with Crippen LogP contribution in [0.1, 0.15) is 12.8 Å². The first-order chi connectivity index (χ1) is 5.93. The molecule has 2 aliphatic heterocycles. The number of hydrogen-bond donors (Lipinski definition) is 0. The zero-order chi connectivity index (χ0) is 7.97. The van der Waals surface area contributed by atoms with E-state index in [9.17, 15) is 0 Å². The van der Waals surface area contributed by atoms with Gasteiger partial charge in [0.1, 0.15) is 0 Å². The van der Waals surface area contributed by atoms with Gasteiger partial charge in [0, 0.05) is 18.3 Å². The lowest BCUT2D eigenvalue weighted by atomic mass is 9.86. The molecule has 12 heavy (non-hydrogen) atoms. The molecule has 0 spiro atoms. The van der Waals surface area contributed by atoms with Crippen molar-refractivity contribution in [2.45, 2.75) is 18.9 Å². The molecule has 1 nitrogen and oxygen atoms in total. The Morgan fingerprint density at radius 1 is 1.08 bits per heavy atom. The van der Waals surface area contributed by atoms with Crippen LogP contribution in [0.5, 0.6) is 0 Å². The van der Waals surface area contributed by atoms with Gasteiger partial charge in [0.05, 0.1) is 0 Å². The summed E-state index contributed by atoms with van der Waals surface area (Å²) in [4.78, 5) is 2.56. The van der Waals surface area contributed by atoms with Crippen molar-refractivity contribution in [1.29, 1.82) is 0 Å². The number of fused-ring (bicyclic) bond motifs is 1. The number of rotatable bonds is 1. The predicted molar refractivity (Wildman–Crippen MR) is 50.3 cm³/mol. The van der Waals surface area contributed by atoms with Crippen LogP contribution in [0.4, 0.5) is 5.69 Å². The summed E-state index contributed by atoms with van der Waals surface area (Å²) in [5.74, 6) is 1.01. The van der Waals surface area contributed by atoms with E-state index in [-0.39, 0.29) is 0 Å². The summed E-state index contributed by atoms with van der Waals surface area (Å²) in [7, 11) is 0. The standard InChI is InChI=1S/C11H13N/c1-2-4-10(5-3-1)12-8-9-6-11(12)7-9/h1-5,9,11H,6-8H2. The van der Waals surface area contributed by atoms with Crippen LogP contribution in [-0.4, -0.2) is 12.6 Å². The number of hydrogen-bond acceptors (Lipinski definition) is 1. The Morgan fingerprint density at radius 2 is 1.83 bits per heavy atom. The van der Waals surface area contributed by atoms with Crippen molar-refractivity contribution >= 4 is 5.69 Å². The van der Waals surface area contributed by atoms with Crippen molar-refractivity contribution in [2.75, 3.05) is 11.4 Å². The summed E-state index contributed by atoms with van der Waals surface area (Å²) >= 11 is 0. The van der Waals surface area contributed by atoms with E-state index in [1.54, 1.807) is 0 Å². The van der Waals surface area contributed by atoms with Gasteiger partial charge >= 0.3 is 0 Å². The van der Waals surface area contributed by atoms with Crippen molar-refractivity contribution in [3.63, 3.8) is 0 Å². The highest BCUT2D eigenvalue weighted by Crippen LogP contribution is 2.42. The van der Waals surface area contributed by atoms with E-state index in [0.717, 1.165) is 12.0 Å². The molecule has 1 aliphatic carbocycles. The van der Waals surface area contributed by atoms with E-state index in [1.807, 2.05) is 0 Å². The first kappa shape index (κ1) is 6.53. The maximum Gasteiger partial charge on any atom is 0.0368 e. The molecule has 0 amide bonds. The second-order valence-electron chi connectivity index (χ2n) is 3.98. The van der Waals surface area contributed by atoms with Gasteiger partial charge in [-0.1, -0.05) is 18.2 Å². The Kier molecular flexibility index (Phi) is 1.23. The van der Waals surface area contributed by atoms with E-state index in [1.165, 1.54) is 25.1 Å². The van der Waals surface area contributed by atoms with Crippen LogP contribution in [-0.2, 0) is 0 Å². The smallest absolute Gasteiger partial charge is 0.0368 e. The Morgan fingerprint density at radius 3 is 2.42 bits per heavy atom. The molecule has 0 radical (unpaired) electrons. The normalized spacial score (nSPS) is 31.8. The fourth-order valence-corrected chi connectivity index (χ4v) is 2.47. The first-order valence-corrected chi connectivity index (χ1v) is 4.75. The van der Waals surface area contributed by atoms with Crippen LogP contribution >= 0.6 is 0 Å². The minimum atomic E-state index is 0.873. The third-order valence-electron chi connectivity index (χ3n) is 3.19. The quantitative estimate of drug-likeness (QED) is 0.607. The molecule has 0 unspecified atom stereocenters. The average molecular weight is 159 g/mol. The minimum Gasteiger partial charge on any atom is -0.368 e. The second-order valence-corrected chi connectivity index (χ2v) is 3.98. The van der Waals surface area contributed by atoms with Gasteiger partial charge in [-0.25, -0.2) is 0 Å². The summed E-state index contributed by atoms with van der Waals surface area (Å²) in [5.41, 5.74) is 1.42. The van der Waals surface area contributed by atoms with E-state index >= 15 is 0 Å². The molecule has 1 saturated carbocycles. The molecule has 4 rings (SSSR count). The van der Waals surface area contributed by atoms with Crippen molar-refractivity contribution in [3.05, 3.63) is 30.3 Å². The molecular formula is C11H13N. The summed E-state index contributed by atoms with van der Waals surface area (Å²) < 4.78 is 0. The third kappa shape index (κ3) is 0.795. The highest BCUT2D eigenvalue weighted by molar-refractivity contribution is 5.50. The van der Waals surface area contributed by atoms with Crippen molar-refractivity contribution in [3.8, 4) is 0 Å². The molecular weight excluding hydrogens is 146 g/mol. The molecule has 0 atom stereocenters. The van der Waals surface area contributed by atoms with Crippen molar-refractivity contribution < 1.29 is 0 Å². The van der Waals surface area contributed by atoms with Gasteiger partial charge in [-0.3, -0.25) is 0 Å². The van der Waals surface area contributed by atoms with Crippen LogP contribution in [0.25, 0.3) is 0 Å². The maximum atomic E-state index is 2.56. The van der Waals surface area contributed by atoms with E-state index in [2.05, 4.69) is 35.2 Å². The van der Waals surface area contributed by atoms with Gasteiger partial charge in [0.2, 0.25) is 0 Å². The van der Waals surface area contributed by atoms with E-state index < -0.39 is 0 Å². The SMILES string of the molecule is c1ccc(N2CC3CC2C3)cc1. The molecule has 3 aliphatic rings. The van der Waals surface area contributed by atoms with Gasteiger partial charge in [-0.2, -0.15) is 0 Å². The van der Waals surface area contributed by atoms with Crippen LogP contribution < -0.4 is 4.90 Å². The average Bonchev–Trinajstić information content (AvgIpc) is 2.62. The van der Waals surface area contributed by atoms with Gasteiger partial charge in [-0.15, -0.1) is 0 Å². The number of anilines is 1. The molecule has 62 valence electrons. The van der Waals surface area contributed by atoms with E-state index in [4.69, 9.17) is 0 Å². The minimum absolute atomic E-state index is 0.873. The van der Waals surface area contributed by atoms with E-state index in [0.29, 0.717) is 0 Å². The lowest BCUT2D eigenvalue weighted by Crippen LogP contribution is -2.28. The van der Waals surface area contributed by atoms with Crippen molar-refractivity contribution in [2.24, 2.45) is 5.92 Å². The summed E-state index contributed by atoms with van der Waals surface area (Å²) in [5, 5.41) is 0. The maximum absolute atomic E-state index is 2.56. The molecule has 0 N–H and O–H groups in total. The third-order valence-corrected chi connectivity index (χ3v) is 3.19. The second kappa shape index (κ2) is 2.25. The molecule has 2 saturated heterocycles. The van der Waals surface area contributed by atoms with Crippen LogP contribution in [0.15, 0.2) is 30.3 Å². The van der Waals surface area contributed by atoms with Gasteiger partial charge in [0.15, 0.2) is 0 Å². The lowest BCUT2D eigenvalue weighted by Gasteiger charge is -2.27. The van der Waals surface area contributed by atoms with Crippen molar-refractivity contribution in [1.82, 2.24) is 0 Å². The summed E-state index contributed by atoms with van der Waals surface area (Å²) in [6.45, 7) is 1.30. The van der Waals surface area contributed by atoms with Gasteiger partial charge in [0.25, 0.3) is 0 Å². The fourth-order valence-electron chi connectivity index (χ4n) is 2.47. The Labute approximate surface area is 73.0 Å². The molecule has 1 aromatic rings. The topological polar surface area (TPSA) is 3.24 Å². The molecule has 1 aromatic carbocycles. The highest BCUT2D eigenvalue weighted by atomic mass is 15.2. The molecule has 3 fully saturated rings. The predicted octanol–water partition coefficient (Wildman–Crippen LogP) is 2.29. The first-order valence-electron chi connectivity index (χ1n) is 4.75. The van der Waals surface area contributed by atoms with Gasteiger partial charge in [-0.05, 0) is 30.9 Å². The number of benzene rings is 1. The lowest BCUT2D eigenvalue weighted by molar-refractivity contribution is 0.381. The highest BCUT2D eigenvalue weighted by Gasteiger charge is 2.42. The Balaban J connectivity index is 1.90. The number of para-hydroxylation sites is 1. The van der Waals surface area contributed by atoms with Crippen LogP contribution in [0, 0.1) is 5.92 Å². The molecule has 2 heterocycles. The number of nitrogens with zero attached hydrogens (tertiary/aromatic N) is 1. The molecule has 2 bridgehead atoms. The largest absolute Gasteiger partial charge is 0.368 e. The fraction of sp³-hybridized carbons (Fsp3) is 0.455. The summed E-state index contributed by atoms with van der Waals surface area (Å²) in [6, 6.07) is 11.7. The Bertz CT molecular complexity index is 274. The van der Waals surface area contributed by atoms with Crippen LogP contribution in [0.2, 0.25) is 0 Å². The zero-order valence-corrected chi connectivity index (χ0v) is 7.11. The summed E-state index contributed by atoms with van der Waals surface area (Å²) in [6.07, 6.45) is 2.88. The van der Waals surface area contributed by atoms with Gasteiger partial charge < -0.3 is 4.90 Å². The molecule has 1 heteroatoms. The Hall–Kier alpha value is -0.980. The zero-order valence-electron chi connectivity index (χ0n) is 7.11. The van der Waals surface area contributed by atoms with Crippen LogP contribution in [0.3, 0.4) is 0 Å². The molecule has 0 aromatic heterocycles.